The van der Waals surface area contributed by atoms with Crippen LogP contribution in [0.4, 0.5) is 0 Å². The number of aryl methyl sites for hydroxylation is 1. The van der Waals surface area contributed by atoms with E-state index in [0.717, 1.165) is 24.3 Å². The molecule has 21 heavy (non-hydrogen) atoms. The molecule has 0 saturated heterocycles. The normalized spacial score (nSPS) is 18.5. The highest BCUT2D eigenvalue weighted by molar-refractivity contribution is 6.30. The van der Waals surface area contributed by atoms with Gasteiger partial charge >= 0.3 is 0 Å². The minimum Gasteiger partial charge on any atom is -0.395 e. The zero-order valence-electron chi connectivity index (χ0n) is 11.9. The second-order valence-electron chi connectivity index (χ2n) is 5.67. The zero-order chi connectivity index (χ0) is 14.7. The summed E-state index contributed by atoms with van der Waals surface area (Å²) >= 11 is 6.05. The van der Waals surface area contributed by atoms with E-state index in [0.29, 0.717) is 6.04 Å². The molecule has 110 valence electrons. The zero-order valence-corrected chi connectivity index (χ0v) is 12.7. The van der Waals surface area contributed by atoms with Gasteiger partial charge in [-0.05, 0) is 48.1 Å². The number of aliphatic hydroxyl groups is 1. The van der Waals surface area contributed by atoms with Crippen molar-refractivity contribution in [3.8, 4) is 0 Å². The van der Waals surface area contributed by atoms with Crippen molar-refractivity contribution in [3.63, 3.8) is 0 Å². The monoisotopic (exact) mass is 301 g/mol. The molecule has 0 fully saturated rings. The summed E-state index contributed by atoms with van der Waals surface area (Å²) in [5, 5.41) is 14.1. The fraction of sp³-hybridized carbons (Fsp3) is 0.333. The molecule has 0 saturated carbocycles. The van der Waals surface area contributed by atoms with Crippen LogP contribution in [0.25, 0.3) is 0 Å². The van der Waals surface area contributed by atoms with Crippen LogP contribution in [0.1, 0.15) is 29.2 Å². The van der Waals surface area contributed by atoms with Crippen molar-refractivity contribution in [1.29, 1.82) is 0 Å². The highest BCUT2D eigenvalue weighted by atomic mass is 35.5. The topological polar surface area (TPSA) is 32.3 Å². The number of aliphatic hydroxyl groups excluding tert-OH is 1. The maximum Gasteiger partial charge on any atom is 0.0588 e. The standard InChI is InChI=1S/C18H20ClNO/c19-15-7-8-17-14(11-15)6-9-18(17)20-16(12-21)10-13-4-2-1-3-5-13/h1-5,7-8,11,16,18,20-21H,6,9-10,12H2. The Balaban J connectivity index is 1.69. The Morgan fingerprint density at radius 3 is 2.76 bits per heavy atom. The molecule has 2 unspecified atom stereocenters. The number of nitrogens with one attached hydrogen (secondary N) is 1. The molecular formula is C18H20ClNO. The van der Waals surface area contributed by atoms with E-state index >= 15 is 0 Å². The van der Waals surface area contributed by atoms with Crippen molar-refractivity contribution in [2.75, 3.05) is 6.61 Å². The van der Waals surface area contributed by atoms with Crippen LogP contribution in [-0.4, -0.2) is 17.8 Å². The van der Waals surface area contributed by atoms with Gasteiger partial charge in [-0.3, -0.25) is 0 Å². The molecule has 0 heterocycles. The average molecular weight is 302 g/mol. The van der Waals surface area contributed by atoms with Gasteiger partial charge in [0, 0.05) is 17.1 Å². The van der Waals surface area contributed by atoms with Gasteiger partial charge in [0.1, 0.15) is 0 Å². The summed E-state index contributed by atoms with van der Waals surface area (Å²) in [6.45, 7) is 0.147. The summed E-state index contributed by atoms with van der Waals surface area (Å²) < 4.78 is 0. The summed E-state index contributed by atoms with van der Waals surface area (Å²) in [6.07, 6.45) is 2.97. The minimum atomic E-state index is 0.0824. The second-order valence-corrected chi connectivity index (χ2v) is 6.11. The lowest BCUT2D eigenvalue weighted by Crippen LogP contribution is -2.36. The first kappa shape index (κ1) is 14.6. The Hall–Kier alpha value is -1.35. The average Bonchev–Trinajstić information content (AvgIpc) is 2.89. The molecule has 1 aliphatic rings. The minimum absolute atomic E-state index is 0.0824. The lowest BCUT2D eigenvalue weighted by Gasteiger charge is -2.22. The van der Waals surface area contributed by atoms with E-state index in [1.165, 1.54) is 16.7 Å². The maximum absolute atomic E-state index is 9.66. The van der Waals surface area contributed by atoms with Gasteiger partial charge in [0.15, 0.2) is 0 Å². The SMILES string of the molecule is OCC(Cc1ccccc1)NC1CCc2cc(Cl)ccc21. The summed E-state index contributed by atoms with van der Waals surface area (Å²) in [4.78, 5) is 0. The summed E-state index contributed by atoms with van der Waals surface area (Å²) in [5.74, 6) is 0. The van der Waals surface area contributed by atoms with Crippen molar-refractivity contribution in [1.82, 2.24) is 5.32 Å². The van der Waals surface area contributed by atoms with Crippen LogP contribution < -0.4 is 5.32 Å². The number of halogens is 1. The third-order valence-corrected chi connectivity index (χ3v) is 4.40. The van der Waals surface area contributed by atoms with Crippen LogP contribution in [0.3, 0.4) is 0 Å². The predicted molar refractivity (Wildman–Crippen MR) is 86.7 cm³/mol. The van der Waals surface area contributed by atoms with E-state index in [2.05, 4.69) is 29.6 Å². The summed E-state index contributed by atoms with van der Waals surface area (Å²) in [5.41, 5.74) is 3.90. The first-order valence-electron chi connectivity index (χ1n) is 7.45. The Bertz CT molecular complexity index is 599. The lowest BCUT2D eigenvalue weighted by atomic mass is 10.0. The van der Waals surface area contributed by atoms with Crippen LogP contribution in [0, 0.1) is 0 Å². The van der Waals surface area contributed by atoms with E-state index in [-0.39, 0.29) is 12.6 Å². The molecule has 0 radical (unpaired) electrons. The number of hydrogen-bond donors (Lipinski definition) is 2. The number of benzene rings is 2. The van der Waals surface area contributed by atoms with Gasteiger partial charge < -0.3 is 10.4 Å². The lowest BCUT2D eigenvalue weighted by molar-refractivity contribution is 0.230. The molecule has 0 amide bonds. The largest absolute Gasteiger partial charge is 0.395 e. The van der Waals surface area contributed by atoms with E-state index < -0.39 is 0 Å². The number of fused-ring (bicyclic) bond motifs is 1. The van der Waals surface area contributed by atoms with Gasteiger partial charge in [-0.15, -0.1) is 0 Å². The second kappa shape index (κ2) is 6.61. The van der Waals surface area contributed by atoms with Crippen molar-refractivity contribution < 1.29 is 5.11 Å². The molecule has 2 nitrogen and oxygen atoms in total. The molecule has 3 rings (SSSR count). The van der Waals surface area contributed by atoms with Gasteiger partial charge in [-0.1, -0.05) is 48.0 Å². The Morgan fingerprint density at radius 2 is 2.00 bits per heavy atom. The van der Waals surface area contributed by atoms with E-state index in [9.17, 15) is 5.11 Å². The molecule has 2 N–H and O–H groups in total. The van der Waals surface area contributed by atoms with Crippen LogP contribution in [0.5, 0.6) is 0 Å². The molecule has 0 aromatic heterocycles. The highest BCUT2D eigenvalue weighted by Gasteiger charge is 2.24. The smallest absolute Gasteiger partial charge is 0.0588 e. The van der Waals surface area contributed by atoms with Crippen molar-refractivity contribution in [2.24, 2.45) is 0 Å². The molecule has 0 aliphatic heterocycles. The third-order valence-electron chi connectivity index (χ3n) is 4.16. The third kappa shape index (κ3) is 3.46. The molecule has 2 atom stereocenters. The van der Waals surface area contributed by atoms with Crippen LogP contribution in [0.15, 0.2) is 48.5 Å². The van der Waals surface area contributed by atoms with Gasteiger partial charge in [0.25, 0.3) is 0 Å². The number of rotatable bonds is 5. The van der Waals surface area contributed by atoms with Gasteiger partial charge in [-0.25, -0.2) is 0 Å². The summed E-state index contributed by atoms with van der Waals surface area (Å²) in [7, 11) is 0. The molecule has 3 heteroatoms. The van der Waals surface area contributed by atoms with Gasteiger partial charge in [-0.2, -0.15) is 0 Å². The van der Waals surface area contributed by atoms with E-state index in [1.54, 1.807) is 0 Å². The molecular weight excluding hydrogens is 282 g/mol. The highest BCUT2D eigenvalue weighted by Crippen LogP contribution is 2.33. The van der Waals surface area contributed by atoms with Gasteiger partial charge in [0.05, 0.1) is 6.61 Å². The Morgan fingerprint density at radius 1 is 1.19 bits per heavy atom. The predicted octanol–water partition coefficient (Wildman–Crippen LogP) is 3.52. The molecule has 0 spiro atoms. The van der Waals surface area contributed by atoms with E-state index in [4.69, 9.17) is 11.6 Å². The van der Waals surface area contributed by atoms with Crippen molar-refractivity contribution in [3.05, 3.63) is 70.2 Å². The Kier molecular flexibility index (Phi) is 4.59. The van der Waals surface area contributed by atoms with Crippen LogP contribution in [-0.2, 0) is 12.8 Å². The van der Waals surface area contributed by atoms with E-state index in [1.807, 2.05) is 24.3 Å². The first-order valence-corrected chi connectivity index (χ1v) is 7.83. The van der Waals surface area contributed by atoms with Crippen LogP contribution in [0.2, 0.25) is 5.02 Å². The molecule has 2 aromatic carbocycles. The van der Waals surface area contributed by atoms with Crippen molar-refractivity contribution in [2.45, 2.75) is 31.3 Å². The quantitative estimate of drug-likeness (QED) is 0.885. The Labute approximate surface area is 130 Å². The fourth-order valence-corrected chi connectivity index (χ4v) is 3.31. The summed E-state index contributed by atoms with van der Waals surface area (Å²) in [6, 6.07) is 16.8. The first-order chi connectivity index (χ1) is 10.3. The fourth-order valence-electron chi connectivity index (χ4n) is 3.12. The molecule has 1 aliphatic carbocycles. The van der Waals surface area contributed by atoms with Crippen molar-refractivity contribution >= 4 is 11.6 Å². The van der Waals surface area contributed by atoms with Gasteiger partial charge in [0.2, 0.25) is 0 Å². The molecule has 0 bridgehead atoms. The van der Waals surface area contributed by atoms with Crippen LogP contribution >= 0.6 is 11.6 Å². The molecule has 2 aromatic rings. The maximum atomic E-state index is 9.66. The number of hydrogen-bond acceptors (Lipinski definition) is 2.